The van der Waals surface area contributed by atoms with Crippen LogP contribution in [-0.4, -0.2) is 55.7 Å². The quantitative estimate of drug-likeness (QED) is 0.185. The minimum atomic E-state index is -1.14. The molecule has 39 heavy (non-hydrogen) atoms. The predicted molar refractivity (Wildman–Crippen MR) is 145 cm³/mol. The lowest BCUT2D eigenvalue weighted by atomic mass is 9.93. The zero-order valence-electron chi connectivity index (χ0n) is 22.4. The molecule has 204 valence electrons. The lowest BCUT2D eigenvalue weighted by Gasteiger charge is -2.25. The Kier molecular flexibility index (Phi) is 7.91. The van der Waals surface area contributed by atoms with Crippen LogP contribution in [0.2, 0.25) is 0 Å². The summed E-state index contributed by atoms with van der Waals surface area (Å²) in [5.74, 6) is -1.42. The first kappa shape index (κ1) is 27.6. The van der Waals surface area contributed by atoms with Crippen LogP contribution in [0.1, 0.15) is 45.0 Å². The highest BCUT2D eigenvalue weighted by atomic mass is 32.1. The lowest BCUT2D eigenvalue weighted by molar-refractivity contribution is -0.132. The first-order chi connectivity index (χ1) is 18.7. The fraction of sp³-hybridized carbons (Fsp3) is 0.286. The Morgan fingerprint density at radius 3 is 2.31 bits per heavy atom. The SMILES string of the molecule is CCOC(=O)c1sc(N2C(=O)C(=O)/C(=C(/O)c3ccc(OC)cc3C)[C@@H]2c2cc(OC)ccc2OC)nc1C. The molecule has 10 nitrogen and oxygen atoms in total. The molecule has 2 aromatic carbocycles. The van der Waals surface area contributed by atoms with Crippen LogP contribution >= 0.6 is 11.3 Å². The van der Waals surface area contributed by atoms with Crippen LogP contribution in [0.3, 0.4) is 0 Å². The van der Waals surface area contributed by atoms with E-state index in [0.29, 0.717) is 39.6 Å². The van der Waals surface area contributed by atoms with Crippen molar-refractivity contribution in [1.82, 2.24) is 4.98 Å². The second-order valence-electron chi connectivity index (χ2n) is 8.59. The van der Waals surface area contributed by atoms with Crippen molar-refractivity contribution in [3.8, 4) is 17.2 Å². The number of Topliss-reactive ketones (excluding diaryl/α,β-unsaturated/α-hetero) is 1. The Bertz CT molecular complexity index is 1490. The van der Waals surface area contributed by atoms with Gasteiger partial charge in [0.15, 0.2) is 5.13 Å². The number of carbonyl (C=O) groups is 3. The number of nitrogens with zero attached hydrogens (tertiary/aromatic N) is 2. The fourth-order valence-electron chi connectivity index (χ4n) is 4.42. The molecule has 1 saturated heterocycles. The molecule has 3 aromatic rings. The summed E-state index contributed by atoms with van der Waals surface area (Å²) in [5, 5.41) is 11.6. The highest BCUT2D eigenvalue weighted by Crippen LogP contribution is 2.47. The summed E-state index contributed by atoms with van der Waals surface area (Å²) in [6, 6.07) is 8.78. The molecular formula is C28H28N2O8S. The number of aromatic nitrogens is 1. The number of methoxy groups -OCH3 is 3. The van der Waals surface area contributed by atoms with E-state index in [1.807, 2.05) is 0 Å². The van der Waals surface area contributed by atoms with Crippen molar-refractivity contribution < 1.29 is 38.4 Å². The molecule has 1 aromatic heterocycles. The van der Waals surface area contributed by atoms with Crippen molar-refractivity contribution in [2.75, 3.05) is 32.8 Å². The largest absolute Gasteiger partial charge is 0.507 e. The maximum absolute atomic E-state index is 13.6. The van der Waals surface area contributed by atoms with E-state index in [1.165, 1.54) is 26.2 Å². The number of esters is 1. The van der Waals surface area contributed by atoms with Crippen LogP contribution in [0.15, 0.2) is 42.0 Å². The third-order valence-electron chi connectivity index (χ3n) is 6.32. The van der Waals surface area contributed by atoms with Crippen molar-refractivity contribution in [3.05, 3.63) is 69.2 Å². The van der Waals surface area contributed by atoms with Crippen LogP contribution in [0.25, 0.3) is 5.76 Å². The highest BCUT2D eigenvalue weighted by molar-refractivity contribution is 7.17. The van der Waals surface area contributed by atoms with E-state index in [4.69, 9.17) is 18.9 Å². The molecule has 0 bridgehead atoms. The Balaban J connectivity index is 2.00. The maximum atomic E-state index is 13.6. The van der Waals surface area contributed by atoms with Gasteiger partial charge in [0.25, 0.3) is 5.78 Å². The zero-order valence-corrected chi connectivity index (χ0v) is 23.2. The van der Waals surface area contributed by atoms with Gasteiger partial charge in [0, 0.05) is 11.1 Å². The van der Waals surface area contributed by atoms with Crippen molar-refractivity contribution >= 4 is 39.9 Å². The van der Waals surface area contributed by atoms with Gasteiger partial charge in [-0.2, -0.15) is 0 Å². The van der Waals surface area contributed by atoms with Crippen molar-refractivity contribution in [2.45, 2.75) is 26.8 Å². The molecule has 11 heteroatoms. The standard InChI is InChI=1S/C28H28N2O8S/c1-7-38-27(34)25-15(3)29-28(39-25)30-22(19-13-17(36-5)9-11-20(19)37-6)21(24(32)26(30)33)23(31)18-10-8-16(35-4)12-14(18)2/h8-13,22,31H,7H2,1-6H3/b23-21+/t22-/m0/s1. The number of ketones is 1. The number of thiazole rings is 1. The maximum Gasteiger partial charge on any atom is 0.350 e. The Labute approximate surface area is 229 Å². The van der Waals surface area contributed by atoms with Crippen LogP contribution in [-0.2, 0) is 14.3 Å². The topological polar surface area (TPSA) is 124 Å². The molecule has 0 spiro atoms. The Morgan fingerprint density at radius 2 is 1.69 bits per heavy atom. The van der Waals surface area contributed by atoms with Gasteiger partial charge in [0.05, 0.1) is 39.2 Å². The average Bonchev–Trinajstić information content (AvgIpc) is 3.44. The normalized spacial score (nSPS) is 16.4. The lowest BCUT2D eigenvalue weighted by Crippen LogP contribution is -2.29. The number of aliphatic hydroxyl groups excluding tert-OH is 1. The summed E-state index contributed by atoms with van der Waals surface area (Å²) in [6.07, 6.45) is 0. The zero-order chi connectivity index (χ0) is 28.4. The van der Waals surface area contributed by atoms with E-state index in [2.05, 4.69) is 4.98 Å². The number of hydrogen-bond donors (Lipinski definition) is 1. The van der Waals surface area contributed by atoms with E-state index in [-0.39, 0.29) is 27.9 Å². The van der Waals surface area contributed by atoms with E-state index in [0.717, 1.165) is 11.3 Å². The van der Waals surface area contributed by atoms with Crippen LogP contribution in [0.5, 0.6) is 17.2 Å². The molecule has 1 amide bonds. The smallest absolute Gasteiger partial charge is 0.350 e. The van der Waals surface area contributed by atoms with Crippen LogP contribution in [0.4, 0.5) is 5.13 Å². The summed E-state index contributed by atoms with van der Waals surface area (Å²) in [4.78, 5) is 45.5. The molecule has 0 unspecified atom stereocenters. The van der Waals surface area contributed by atoms with E-state index in [9.17, 15) is 19.5 Å². The van der Waals surface area contributed by atoms with Gasteiger partial charge >= 0.3 is 11.9 Å². The second-order valence-corrected chi connectivity index (χ2v) is 9.57. The average molecular weight is 553 g/mol. The van der Waals surface area contributed by atoms with Gasteiger partial charge in [0.2, 0.25) is 0 Å². The molecule has 2 heterocycles. The highest BCUT2D eigenvalue weighted by Gasteiger charge is 2.49. The first-order valence-corrected chi connectivity index (χ1v) is 12.8. The molecule has 1 aliphatic heterocycles. The summed E-state index contributed by atoms with van der Waals surface area (Å²) >= 11 is 0.924. The number of carbonyl (C=O) groups excluding carboxylic acids is 3. The van der Waals surface area contributed by atoms with Gasteiger partial charge in [-0.25, -0.2) is 9.78 Å². The number of ether oxygens (including phenoxy) is 4. The molecule has 1 fully saturated rings. The van der Waals surface area contributed by atoms with Crippen molar-refractivity contribution in [3.63, 3.8) is 0 Å². The fourth-order valence-corrected chi connectivity index (χ4v) is 5.41. The third-order valence-corrected chi connectivity index (χ3v) is 7.45. The van der Waals surface area contributed by atoms with Gasteiger partial charge in [-0.1, -0.05) is 11.3 Å². The van der Waals surface area contributed by atoms with Gasteiger partial charge < -0.3 is 24.1 Å². The number of rotatable bonds is 8. The Hall–Kier alpha value is -4.38. The van der Waals surface area contributed by atoms with Crippen LogP contribution < -0.4 is 19.1 Å². The van der Waals surface area contributed by atoms with Crippen LogP contribution in [0, 0.1) is 13.8 Å². The van der Waals surface area contributed by atoms with Gasteiger partial charge in [0.1, 0.15) is 33.9 Å². The first-order valence-electron chi connectivity index (χ1n) is 12.0. The van der Waals surface area contributed by atoms with Gasteiger partial charge in [-0.05, 0) is 62.7 Å². The number of anilines is 1. The summed E-state index contributed by atoms with van der Waals surface area (Å²) in [7, 11) is 4.46. The number of benzene rings is 2. The molecule has 0 radical (unpaired) electrons. The number of aryl methyl sites for hydroxylation is 2. The monoisotopic (exact) mass is 552 g/mol. The van der Waals surface area contributed by atoms with Crippen molar-refractivity contribution in [2.24, 2.45) is 0 Å². The molecule has 4 rings (SSSR count). The molecule has 1 N–H and O–H groups in total. The molecule has 0 saturated carbocycles. The summed E-state index contributed by atoms with van der Waals surface area (Å²) in [6.45, 7) is 5.22. The minimum Gasteiger partial charge on any atom is -0.507 e. The third kappa shape index (κ3) is 4.92. The minimum absolute atomic E-state index is 0.0954. The van der Waals surface area contributed by atoms with Crippen molar-refractivity contribution in [1.29, 1.82) is 0 Å². The molecular weight excluding hydrogens is 524 g/mol. The molecule has 1 atom stereocenters. The van der Waals surface area contributed by atoms with E-state index in [1.54, 1.807) is 57.2 Å². The molecule has 0 aliphatic carbocycles. The van der Waals surface area contributed by atoms with Gasteiger partial charge in [-0.15, -0.1) is 0 Å². The summed E-state index contributed by atoms with van der Waals surface area (Å²) < 4.78 is 21.4. The second kappa shape index (κ2) is 11.2. The van der Waals surface area contributed by atoms with Gasteiger partial charge in [-0.3, -0.25) is 14.5 Å². The number of aliphatic hydroxyl groups is 1. The Morgan fingerprint density at radius 1 is 1.03 bits per heavy atom. The number of amides is 1. The molecule has 1 aliphatic rings. The van der Waals surface area contributed by atoms with E-state index >= 15 is 0 Å². The number of hydrogen-bond acceptors (Lipinski definition) is 10. The van der Waals surface area contributed by atoms with E-state index < -0.39 is 23.7 Å². The summed E-state index contributed by atoms with van der Waals surface area (Å²) in [5.41, 5.74) is 1.55. The predicted octanol–water partition coefficient (Wildman–Crippen LogP) is 4.59.